The molecule has 0 bridgehead atoms. The highest BCUT2D eigenvalue weighted by Gasteiger charge is 2.28. The Balaban J connectivity index is 1.90. The van der Waals surface area contributed by atoms with Crippen molar-refractivity contribution in [1.82, 2.24) is 4.90 Å². The third kappa shape index (κ3) is 2.20. The summed E-state index contributed by atoms with van der Waals surface area (Å²) in [6.45, 7) is 0. The molecular weight excluding hydrogens is 268 g/mol. The second-order valence-corrected chi connectivity index (χ2v) is 6.14. The van der Waals surface area contributed by atoms with E-state index < -0.39 is 0 Å². The minimum atomic E-state index is 0.0270. The second-order valence-electron chi connectivity index (χ2n) is 5.23. The number of amides is 1. The number of hydrogen-bond donors (Lipinski definition) is 1. The van der Waals surface area contributed by atoms with Gasteiger partial charge in [0.1, 0.15) is 4.88 Å². The molecule has 0 radical (unpaired) electrons. The van der Waals surface area contributed by atoms with E-state index >= 15 is 0 Å². The maximum absolute atomic E-state index is 12.6. The van der Waals surface area contributed by atoms with Crippen molar-refractivity contribution in [2.24, 2.45) is 0 Å². The number of thiophene rings is 1. The van der Waals surface area contributed by atoms with E-state index in [1.54, 1.807) is 6.07 Å². The average molecular weight is 286 g/mol. The number of anilines is 1. The molecule has 1 aliphatic carbocycles. The van der Waals surface area contributed by atoms with Crippen molar-refractivity contribution >= 4 is 22.9 Å². The number of aryl methyl sites for hydroxylation is 1. The highest BCUT2D eigenvalue weighted by atomic mass is 32.1. The number of carbonyl (C=O) groups is 1. The fraction of sp³-hybridized carbons (Fsp3) is 0.312. The molecule has 0 spiro atoms. The lowest BCUT2D eigenvalue weighted by atomic mass is 9.87. The SMILES string of the molecule is CN(C(=O)c1sccc1N)C1CCCc2ccccc21. The van der Waals surface area contributed by atoms with Gasteiger partial charge < -0.3 is 10.6 Å². The lowest BCUT2D eigenvalue weighted by molar-refractivity contribution is 0.0721. The van der Waals surface area contributed by atoms with E-state index in [1.807, 2.05) is 17.3 Å². The number of rotatable bonds is 2. The molecule has 104 valence electrons. The summed E-state index contributed by atoms with van der Waals surface area (Å²) in [5.41, 5.74) is 9.09. The number of nitrogens with zero attached hydrogens (tertiary/aromatic N) is 1. The van der Waals surface area contributed by atoms with E-state index in [-0.39, 0.29) is 11.9 Å². The van der Waals surface area contributed by atoms with Crippen LogP contribution in [0.4, 0.5) is 5.69 Å². The van der Waals surface area contributed by atoms with Gasteiger partial charge in [-0.15, -0.1) is 11.3 Å². The van der Waals surface area contributed by atoms with Crippen LogP contribution in [0.25, 0.3) is 0 Å². The third-order valence-corrected chi connectivity index (χ3v) is 4.93. The minimum absolute atomic E-state index is 0.0270. The van der Waals surface area contributed by atoms with Gasteiger partial charge in [-0.3, -0.25) is 4.79 Å². The molecule has 3 rings (SSSR count). The molecule has 0 aliphatic heterocycles. The van der Waals surface area contributed by atoms with Gasteiger partial charge in [0.2, 0.25) is 0 Å². The van der Waals surface area contributed by atoms with E-state index in [0.29, 0.717) is 10.6 Å². The molecule has 1 heterocycles. The monoisotopic (exact) mass is 286 g/mol. The predicted molar refractivity (Wildman–Crippen MR) is 82.9 cm³/mol. The zero-order chi connectivity index (χ0) is 14.1. The van der Waals surface area contributed by atoms with E-state index in [4.69, 9.17) is 5.73 Å². The van der Waals surface area contributed by atoms with Gasteiger partial charge in [-0.1, -0.05) is 24.3 Å². The van der Waals surface area contributed by atoms with E-state index in [2.05, 4.69) is 24.3 Å². The van der Waals surface area contributed by atoms with Crippen LogP contribution in [0.5, 0.6) is 0 Å². The zero-order valence-electron chi connectivity index (χ0n) is 11.5. The van der Waals surface area contributed by atoms with Crippen LogP contribution in [0.1, 0.15) is 39.7 Å². The molecule has 3 nitrogen and oxygen atoms in total. The predicted octanol–water partition coefficient (Wildman–Crippen LogP) is 3.48. The van der Waals surface area contributed by atoms with Crippen LogP contribution >= 0.6 is 11.3 Å². The second kappa shape index (κ2) is 5.29. The first-order chi connectivity index (χ1) is 9.68. The van der Waals surface area contributed by atoms with Gasteiger partial charge >= 0.3 is 0 Å². The Hall–Kier alpha value is -1.81. The van der Waals surface area contributed by atoms with Crippen molar-refractivity contribution in [2.45, 2.75) is 25.3 Å². The topological polar surface area (TPSA) is 46.3 Å². The lowest BCUT2D eigenvalue weighted by Crippen LogP contribution is -2.33. The van der Waals surface area contributed by atoms with Crippen molar-refractivity contribution in [3.8, 4) is 0 Å². The van der Waals surface area contributed by atoms with Gasteiger partial charge in [0.15, 0.2) is 0 Å². The number of nitrogen functional groups attached to an aromatic ring is 1. The van der Waals surface area contributed by atoms with Crippen LogP contribution in [-0.4, -0.2) is 17.9 Å². The van der Waals surface area contributed by atoms with Crippen LogP contribution < -0.4 is 5.73 Å². The molecule has 20 heavy (non-hydrogen) atoms. The maximum Gasteiger partial charge on any atom is 0.266 e. The molecule has 2 aromatic rings. The Bertz CT molecular complexity index is 635. The minimum Gasteiger partial charge on any atom is -0.397 e. The molecule has 0 saturated carbocycles. The summed E-state index contributed by atoms with van der Waals surface area (Å²) in [5.74, 6) is 0.0270. The fourth-order valence-corrected chi connectivity index (χ4v) is 3.72. The number of nitrogens with two attached hydrogens (primary N) is 1. The first-order valence-electron chi connectivity index (χ1n) is 6.86. The molecule has 1 aromatic carbocycles. The summed E-state index contributed by atoms with van der Waals surface area (Å²) < 4.78 is 0. The maximum atomic E-state index is 12.6. The normalized spacial score (nSPS) is 17.6. The van der Waals surface area contributed by atoms with Gasteiger partial charge in [-0.25, -0.2) is 0 Å². The van der Waals surface area contributed by atoms with E-state index in [0.717, 1.165) is 19.3 Å². The zero-order valence-corrected chi connectivity index (χ0v) is 12.3. The fourth-order valence-electron chi connectivity index (χ4n) is 2.93. The van der Waals surface area contributed by atoms with E-state index in [1.165, 1.54) is 22.5 Å². The Morgan fingerprint density at radius 3 is 2.90 bits per heavy atom. The number of hydrogen-bond acceptors (Lipinski definition) is 3. The first-order valence-corrected chi connectivity index (χ1v) is 7.74. The summed E-state index contributed by atoms with van der Waals surface area (Å²) in [6.07, 6.45) is 3.25. The Morgan fingerprint density at radius 1 is 1.35 bits per heavy atom. The summed E-state index contributed by atoms with van der Waals surface area (Å²) in [7, 11) is 1.88. The first kappa shape index (κ1) is 13.2. The Labute approximate surface area is 123 Å². The quantitative estimate of drug-likeness (QED) is 0.918. The highest BCUT2D eigenvalue weighted by molar-refractivity contribution is 7.12. The number of benzene rings is 1. The van der Waals surface area contributed by atoms with Crippen molar-refractivity contribution < 1.29 is 4.79 Å². The van der Waals surface area contributed by atoms with Crippen molar-refractivity contribution in [3.05, 3.63) is 51.7 Å². The van der Waals surface area contributed by atoms with Gasteiger partial charge in [0.05, 0.1) is 11.7 Å². The summed E-state index contributed by atoms with van der Waals surface area (Å²) in [5, 5.41) is 1.87. The Kier molecular flexibility index (Phi) is 3.49. The van der Waals surface area contributed by atoms with Crippen LogP contribution in [0.2, 0.25) is 0 Å². The largest absolute Gasteiger partial charge is 0.397 e. The molecule has 1 amide bonds. The van der Waals surface area contributed by atoms with Gasteiger partial charge in [-0.05, 0) is 41.8 Å². The molecule has 1 aliphatic rings. The average Bonchev–Trinajstić information content (AvgIpc) is 2.91. The van der Waals surface area contributed by atoms with Crippen molar-refractivity contribution in [3.63, 3.8) is 0 Å². The van der Waals surface area contributed by atoms with Crippen LogP contribution in [0.3, 0.4) is 0 Å². The molecule has 1 atom stereocenters. The van der Waals surface area contributed by atoms with Crippen LogP contribution in [0, 0.1) is 0 Å². The number of carbonyl (C=O) groups excluding carboxylic acids is 1. The molecule has 4 heteroatoms. The smallest absolute Gasteiger partial charge is 0.266 e. The van der Waals surface area contributed by atoms with Gasteiger partial charge in [-0.2, -0.15) is 0 Å². The Morgan fingerprint density at radius 2 is 2.15 bits per heavy atom. The molecule has 1 unspecified atom stereocenters. The van der Waals surface area contributed by atoms with Crippen LogP contribution in [0.15, 0.2) is 35.7 Å². The van der Waals surface area contributed by atoms with E-state index in [9.17, 15) is 4.79 Å². The van der Waals surface area contributed by atoms with Crippen molar-refractivity contribution in [1.29, 1.82) is 0 Å². The van der Waals surface area contributed by atoms with Crippen LogP contribution in [-0.2, 0) is 6.42 Å². The molecule has 1 aromatic heterocycles. The summed E-state index contributed by atoms with van der Waals surface area (Å²) >= 11 is 1.42. The van der Waals surface area contributed by atoms with Crippen molar-refractivity contribution in [2.75, 3.05) is 12.8 Å². The molecule has 0 fully saturated rings. The highest BCUT2D eigenvalue weighted by Crippen LogP contribution is 2.35. The van der Waals surface area contributed by atoms with Gasteiger partial charge in [0, 0.05) is 7.05 Å². The summed E-state index contributed by atoms with van der Waals surface area (Å²) in [6, 6.07) is 10.4. The number of fused-ring (bicyclic) bond motifs is 1. The van der Waals surface area contributed by atoms with Gasteiger partial charge in [0.25, 0.3) is 5.91 Å². The molecule has 0 saturated heterocycles. The third-order valence-electron chi connectivity index (χ3n) is 4.02. The molecular formula is C16H18N2OS. The summed E-state index contributed by atoms with van der Waals surface area (Å²) in [4.78, 5) is 15.1. The lowest BCUT2D eigenvalue weighted by Gasteiger charge is -2.33. The standard InChI is InChI=1S/C16H18N2OS/c1-18(16(19)15-13(17)9-10-20-15)14-8-4-6-11-5-2-3-7-12(11)14/h2-3,5,7,9-10,14H,4,6,8,17H2,1H3. The molecule has 2 N–H and O–H groups in total.